The van der Waals surface area contributed by atoms with Crippen molar-refractivity contribution in [2.75, 3.05) is 19.8 Å². The van der Waals surface area contributed by atoms with Gasteiger partial charge in [0.2, 0.25) is 5.91 Å². The number of nitrogens with zero attached hydrogens (tertiary/aromatic N) is 2. The van der Waals surface area contributed by atoms with Crippen LogP contribution < -0.4 is 5.32 Å². The minimum Gasteiger partial charge on any atom is -0.381 e. The highest BCUT2D eigenvalue weighted by molar-refractivity contribution is 5.91. The number of nitrogens with one attached hydrogen (secondary N) is 1. The Labute approximate surface area is 135 Å². The average Bonchev–Trinajstić information content (AvgIpc) is 3.40. The number of hydrogen-bond donors (Lipinski definition) is 1. The summed E-state index contributed by atoms with van der Waals surface area (Å²) in [5.74, 6) is 0.665. The van der Waals surface area contributed by atoms with E-state index in [9.17, 15) is 4.79 Å². The lowest BCUT2D eigenvalue weighted by Crippen LogP contribution is -2.23. The van der Waals surface area contributed by atoms with Crippen molar-refractivity contribution >= 4 is 23.0 Å². The summed E-state index contributed by atoms with van der Waals surface area (Å²) in [6.45, 7) is 2.20. The van der Waals surface area contributed by atoms with Crippen molar-refractivity contribution in [3.8, 4) is 0 Å². The predicted octanol–water partition coefficient (Wildman–Crippen LogP) is 2.58. The van der Waals surface area contributed by atoms with E-state index < -0.39 is 0 Å². The van der Waals surface area contributed by atoms with Gasteiger partial charge in [0.25, 0.3) is 0 Å². The van der Waals surface area contributed by atoms with E-state index in [1.54, 1.807) is 12.3 Å². The zero-order valence-corrected chi connectivity index (χ0v) is 13.1. The van der Waals surface area contributed by atoms with Crippen LogP contribution in [-0.2, 0) is 9.53 Å². The largest absolute Gasteiger partial charge is 0.381 e. The Hall–Kier alpha value is -2.27. The Morgan fingerprint density at radius 1 is 1.30 bits per heavy atom. The second-order valence-corrected chi connectivity index (χ2v) is 5.78. The number of ether oxygens (including phenoxy) is 1. The van der Waals surface area contributed by atoms with Gasteiger partial charge in [-0.25, -0.2) is 4.98 Å². The Morgan fingerprint density at radius 2 is 2.13 bits per heavy atom. The van der Waals surface area contributed by atoms with Crippen molar-refractivity contribution < 1.29 is 9.53 Å². The van der Waals surface area contributed by atoms with Crippen LogP contribution in [0, 0.1) is 5.92 Å². The number of para-hydroxylation sites is 2. The zero-order valence-electron chi connectivity index (χ0n) is 13.1. The van der Waals surface area contributed by atoms with Gasteiger partial charge in [-0.15, -0.1) is 0 Å². The summed E-state index contributed by atoms with van der Waals surface area (Å²) < 4.78 is 5.52. The van der Waals surface area contributed by atoms with E-state index in [-0.39, 0.29) is 5.91 Å². The molecule has 0 spiro atoms. The first-order valence-corrected chi connectivity index (χ1v) is 8.07. The molecule has 5 heteroatoms. The number of fused-ring (bicyclic) bond motifs is 1. The second-order valence-electron chi connectivity index (χ2n) is 5.78. The van der Waals surface area contributed by atoms with E-state index in [0.29, 0.717) is 18.8 Å². The molecule has 1 aliphatic rings. The Kier molecular flexibility index (Phi) is 5.32. The molecule has 5 nitrogen and oxygen atoms in total. The Balaban J connectivity index is 1.39. The summed E-state index contributed by atoms with van der Waals surface area (Å²) >= 11 is 0. The van der Waals surface area contributed by atoms with E-state index >= 15 is 0 Å². The highest BCUT2D eigenvalue weighted by atomic mass is 16.5. The normalized spacial score (nSPS) is 14.4. The van der Waals surface area contributed by atoms with E-state index in [1.807, 2.05) is 24.3 Å². The number of rotatable bonds is 8. The van der Waals surface area contributed by atoms with Gasteiger partial charge in [0.15, 0.2) is 0 Å². The van der Waals surface area contributed by atoms with Gasteiger partial charge in [-0.3, -0.25) is 9.78 Å². The summed E-state index contributed by atoms with van der Waals surface area (Å²) in [6, 6.07) is 7.66. The van der Waals surface area contributed by atoms with Crippen molar-refractivity contribution in [2.24, 2.45) is 5.92 Å². The standard InChI is InChI=1S/C18H21N3O2/c22-18(19-10-3-11-23-13-14-6-7-14)9-8-15-12-20-16-4-1-2-5-17(16)21-15/h1-2,4-5,8-9,12,14H,3,6-7,10-11,13H2,(H,19,22)/b9-8+. The third-order valence-electron chi connectivity index (χ3n) is 3.69. The first-order chi connectivity index (χ1) is 11.3. The zero-order chi connectivity index (χ0) is 15.9. The highest BCUT2D eigenvalue weighted by Crippen LogP contribution is 2.28. The molecule has 1 aliphatic carbocycles. The van der Waals surface area contributed by atoms with E-state index in [0.717, 1.165) is 30.0 Å². The van der Waals surface area contributed by atoms with Crippen molar-refractivity contribution in [1.82, 2.24) is 15.3 Å². The molecule has 0 unspecified atom stereocenters. The highest BCUT2D eigenvalue weighted by Gasteiger charge is 2.20. The van der Waals surface area contributed by atoms with Gasteiger partial charge in [0.1, 0.15) is 0 Å². The topological polar surface area (TPSA) is 64.1 Å². The lowest BCUT2D eigenvalue weighted by Gasteiger charge is -2.03. The monoisotopic (exact) mass is 311 g/mol. The van der Waals surface area contributed by atoms with Crippen LogP contribution in [0.25, 0.3) is 17.1 Å². The van der Waals surface area contributed by atoms with Crippen molar-refractivity contribution in [3.63, 3.8) is 0 Å². The molecular formula is C18H21N3O2. The van der Waals surface area contributed by atoms with Crippen molar-refractivity contribution in [2.45, 2.75) is 19.3 Å². The van der Waals surface area contributed by atoms with Crippen molar-refractivity contribution in [3.05, 3.63) is 42.2 Å². The smallest absolute Gasteiger partial charge is 0.244 e. The molecule has 1 N–H and O–H groups in total. The van der Waals surface area contributed by atoms with Gasteiger partial charge in [0, 0.05) is 25.8 Å². The summed E-state index contributed by atoms with van der Waals surface area (Å²) in [7, 11) is 0. The van der Waals surface area contributed by atoms with Crippen LogP contribution in [0.15, 0.2) is 36.5 Å². The molecular weight excluding hydrogens is 290 g/mol. The van der Waals surface area contributed by atoms with E-state index in [4.69, 9.17) is 4.74 Å². The Morgan fingerprint density at radius 3 is 2.96 bits per heavy atom. The van der Waals surface area contributed by atoms with Gasteiger partial charge in [-0.2, -0.15) is 0 Å². The van der Waals surface area contributed by atoms with Crippen LogP contribution in [0.4, 0.5) is 0 Å². The van der Waals surface area contributed by atoms with Gasteiger partial charge >= 0.3 is 0 Å². The van der Waals surface area contributed by atoms with Crippen LogP contribution in [0.1, 0.15) is 25.0 Å². The molecule has 0 bridgehead atoms. The minimum atomic E-state index is -0.123. The number of carbonyl (C=O) groups excluding carboxylic acids is 1. The minimum absolute atomic E-state index is 0.123. The first kappa shape index (κ1) is 15.6. The molecule has 1 aromatic heterocycles. The molecule has 1 saturated carbocycles. The lowest BCUT2D eigenvalue weighted by molar-refractivity contribution is -0.116. The molecule has 0 atom stereocenters. The first-order valence-electron chi connectivity index (χ1n) is 8.07. The predicted molar refractivity (Wildman–Crippen MR) is 89.7 cm³/mol. The molecule has 0 saturated heterocycles. The molecule has 0 aliphatic heterocycles. The second kappa shape index (κ2) is 7.83. The SMILES string of the molecule is O=C(/C=C/c1cnc2ccccc2n1)NCCCOCC1CC1. The third-order valence-corrected chi connectivity index (χ3v) is 3.69. The van der Waals surface area contributed by atoms with Gasteiger partial charge < -0.3 is 10.1 Å². The van der Waals surface area contributed by atoms with Gasteiger partial charge in [-0.05, 0) is 43.4 Å². The molecule has 1 amide bonds. The molecule has 1 heterocycles. The van der Waals surface area contributed by atoms with Gasteiger partial charge in [-0.1, -0.05) is 12.1 Å². The number of benzene rings is 1. The fraction of sp³-hybridized carbons (Fsp3) is 0.389. The maximum absolute atomic E-state index is 11.7. The van der Waals surface area contributed by atoms with E-state index in [2.05, 4.69) is 15.3 Å². The third kappa shape index (κ3) is 5.14. The molecule has 1 aromatic carbocycles. The molecule has 3 rings (SSSR count). The number of carbonyl (C=O) groups is 1. The van der Waals surface area contributed by atoms with Crippen LogP contribution in [0.5, 0.6) is 0 Å². The average molecular weight is 311 g/mol. The molecule has 23 heavy (non-hydrogen) atoms. The fourth-order valence-electron chi connectivity index (χ4n) is 2.19. The summed E-state index contributed by atoms with van der Waals surface area (Å²) in [6.07, 6.45) is 8.28. The number of hydrogen-bond acceptors (Lipinski definition) is 4. The van der Waals surface area contributed by atoms with E-state index in [1.165, 1.54) is 18.9 Å². The molecule has 0 radical (unpaired) electrons. The summed E-state index contributed by atoms with van der Waals surface area (Å²) in [5, 5.41) is 2.84. The van der Waals surface area contributed by atoms with Crippen molar-refractivity contribution in [1.29, 1.82) is 0 Å². The maximum atomic E-state index is 11.7. The van der Waals surface area contributed by atoms with Crippen LogP contribution >= 0.6 is 0 Å². The number of aromatic nitrogens is 2. The Bertz CT molecular complexity index is 695. The maximum Gasteiger partial charge on any atom is 0.244 e. The quantitative estimate of drug-likeness (QED) is 0.601. The van der Waals surface area contributed by atoms with Gasteiger partial charge in [0.05, 0.1) is 22.9 Å². The van der Waals surface area contributed by atoms with Crippen LogP contribution in [0.2, 0.25) is 0 Å². The molecule has 120 valence electrons. The fourth-order valence-corrected chi connectivity index (χ4v) is 2.19. The lowest BCUT2D eigenvalue weighted by atomic mass is 10.3. The van der Waals surface area contributed by atoms with Crippen LogP contribution in [0.3, 0.4) is 0 Å². The molecule has 1 fully saturated rings. The number of amides is 1. The summed E-state index contributed by atoms with van der Waals surface area (Å²) in [5.41, 5.74) is 2.34. The molecule has 2 aromatic rings. The summed E-state index contributed by atoms with van der Waals surface area (Å²) in [4.78, 5) is 20.5. The van der Waals surface area contributed by atoms with Crippen LogP contribution in [-0.4, -0.2) is 35.6 Å².